The summed E-state index contributed by atoms with van der Waals surface area (Å²) < 4.78 is 0. The minimum atomic E-state index is -0.262. The van der Waals surface area contributed by atoms with Crippen molar-refractivity contribution in [2.24, 2.45) is 5.73 Å². The van der Waals surface area contributed by atoms with E-state index in [-0.39, 0.29) is 5.91 Å². The summed E-state index contributed by atoms with van der Waals surface area (Å²) in [4.78, 5) is 22.0. The normalized spacial score (nSPS) is 17.0. The molecule has 2 aromatic rings. The average molecular weight is 285 g/mol. The lowest BCUT2D eigenvalue weighted by molar-refractivity contribution is -0.119. The molecular weight excluding hydrogens is 266 g/mol. The summed E-state index contributed by atoms with van der Waals surface area (Å²) >= 11 is 0. The van der Waals surface area contributed by atoms with Crippen LogP contribution in [0.2, 0.25) is 0 Å². The standard InChI is InChI=1S/C15H19N5O/c16-14(21)10-20-7-5-11(6-8-20)18-15-9-17-12-3-1-2-4-13(12)19-15/h1-4,9,11H,5-8,10H2,(H2,16,21)(H,18,19). The Kier molecular flexibility index (Phi) is 3.96. The summed E-state index contributed by atoms with van der Waals surface area (Å²) in [5.74, 6) is 0.545. The number of carbonyl (C=O) groups excluding carboxylic acids is 1. The SMILES string of the molecule is NC(=O)CN1CCC(Nc2cnc3ccccc3n2)CC1. The largest absolute Gasteiger partial charge is 0.369 e. The van der Waals surface area contributed by atoms with Crippen LogP contribution in [0.25, 0.3) is 11.0 Å². The number of likely N-dealkylation sites (tertiary alicyclic amines) is 1. The molecule has 1 aromatic heterocycles. The molecule has 0 bridgehead atoms. The van der Waals surface area contributed by atoms with Crippen LogP contribution in [0.3, 0.4) is 0 Å². The van der Waals surface area contributed by atoms with Gasteiger partial charge in [-0.1, -0.05) is 12.1 Å². The van der Waals surface area contributed by atoms with E-state index in [0.717, 1.165) is 42.8 Å². The molecular formula is C15H19N5O. The van der Waals surface area contributed by atoms with Gasteiger partial charge in [-0.3, -0.25) is 14.7 Å². The number of anilines is 1. The second-order valence-electron chi connectivity index (χ2n) is 5.41. The van der Waals surface area contributed by atoms with Gasteiger partial charge in [-0.2, -0.15) is 0 Å². The van der Waals surface area contributed by atoms with E-state index >= 15 is 0 Å². The van der Waals surface area contributed by atoms with Crippen molar-refractivity contribution in [1.82, 2.24) is 14.9 Å². The maximum absolute atomic E-state index is 10.9. The van der Waals surface area contributed by atoms with Crippen LogP contribution in [0.4, 0.5) is 5.82 Å². The minimum Gasteiger partial charge on any atom is -0.369 e. The Labute approximate surface area is 123 Å². The van der Waals surface area contributed by atoms with Gasteiger partial charge in [0.1, 0.15) is 5.82 Å². The van der Waals surface area contributed by atoms with Gasteiger partial charge in [0.25, 0.3) is 0 Å². The van der Waals surface area contributed by atoms with Crippen LogP contribution >= 0.6 is 0 Å². The zero-order valence-corrected chi connectivity index (χ0v) is 11.8. The Morgan fingerprint density at radius 1 is 1.29 bits per heavy atom. The highest BCUT2D eigenvalue weighted by Crippen LogP contribution is 2.16. The van der Waals surface area contributed by atoms with Crippen LogP contribution < -0.4 is 11.1 Å². The number of amides is 1. The lowest BCUT2D eigenvalue weighted by Crippen LogP contribution is -2.43. The van der Waals surface area contributed by atoms with Crippen molar-refractivity contribution in [2.45, 2.75) is 18.9 Å². The first-order chi connectivity index (χ1) is 10.2. The number of fused-ring (bicyclic) bond motifs is 1. The summed E-state index contributed by atoms with van der Waals surface area (Å²) in [6, 6.07) is 8.20. The van der Waals surface area contributed by atoms with E-state index < -0.39 is 0 Å². The molecule has 6 nitrogen and oxygen atoms in total. The number of aromatic nitrogens is 2. The molecule has 1 fully saturated rings. The van der Waals surface area contributed by atoms with Crippen molar-refractivity contribution >= 4 is 22.8 Å². The molecule has 0 atom stereocenters. The van der Waals surface area contributed by atoms with Gasteiger partial charge in [-0.05, 0) is 25.0 Å². The molecule has 1 aliphatic heterocycles. The number of hydrogen-bond acceptors (Lipinski definition) is 5. The van der Waals surface area contributed by atoms with Crippen molar-refractivity contribution in [1.29, 1.82) is 0 Å². The second-order valence-corrected chi connectivity index (χ2v) is 5.41. The van der Waals surface area contributed by atoms with Crippen LogP contribution in [-0.2, 0) is 4.79 Å². The van der Waals surface area contributed by atoms with Gasteiger partial charge in [0.05, 0.1) is 23.8 Å². The highest BCUT2D eigenvalue weighted by Gasteiger charge is 2.20. The van der Waals surface area contributed by atoms with E-state index in [1.54, 1.807) is 6.20 Å². The molecule has 1 saturated heterocycles. The Balaban J connectivity index is 1.60. The number of piperidine rings is 1. The van der Waals surface area contributed by atoms with Crippen molar-refractivity contribution in [3.63, 3.8) is 0 Å². The lowest BCUT2D eigenvalue weighted by atomic mass is 10.1. The number of hydrogen-bond donors (Lipinski definition) is 2. The topological polar surface area (TPSA) is 84.1 Å². The number of nitrogens with one attached hydrogen (secondary N) is 1. The fourth-order valence-electron chi connectivity index (χ4n) is 2.69. The van der Waals surface area contributed by atoms with E-state index in [4.69, 9.17) is 5.73 Å². The average Bonchev–Trinajstić information content (AvgIpc) is 2.49. The molecule has 2 heterocycles. The van der Waals surface area contributed by atoms with Crippen LogP contribution in [0.15, 0.2) is 30.5 Å². The zero-order chi connectivity index (χ0) is 14.7. The highest BCUT2D eigenvalue weighted by atomic mass is 16.1. The number of primary amides is 1. The Morgan fingerprint density at radius 3 is 2.71 bits per heavy atom. The van der Waals surface area contributed by atoms with E-state index in [0.29, 0.717) is 12.6 Å². The molecule has 0 radical (unpaired) electrons. The maximum Gasteiger partial charge on any atom is 0.231 e. The van der Waals surface area contributed by atoms with Crippen molar-refractivity contribution in [2.75, 3.05) is 25.0 Å². The number of rotatable bonds is 4. The Hall–Kier alpha value is -2.21. The van der Waals surface area contributed by atoms with Gasteiger partial charge in [0.2, 0.25) is 5.91 Å². The zero-order valence-electron chi connectivity index (χ0n) is 11.8. The van der Waals surface area contributed by atoms with E-state index in [1.807, 2.05) is 24.3 Å². The molecule has 0 saturated carbocycles. The third kappa shape index (κ3) is 3.46. The van der Waals surface area contributed by atoms with Gasteiger partial charge in [-0.25, -0.2) is 4.98 Å². The molecule has 0 unspecified atom stereocenters. The van der Waals surface area contributed by atoms with Crippen molar-refractivity contribution in [3.8, 4) is 0 Å². The molecule has 1 amide bonds. The van der Waals surface area contributed by atoms with Gasteiger partial charge in [0, 0.05) is 19.1 Å². The maximum atomic E-state index is 10.9. The molecule has 3 N–H and O–H groups in total. The van der Waals surface area contributed by atoms with Crippen LogP contribution in [0, 0.1) is 0 Å². The van der Waals surface area contributed by atoms with Crippen molar-refractivity contribution < 1.29 is 4.79 Å². The van der Waals surface area contributed by atoms with Gasteiger partial charge >= 0.3 is 0 Å². The first-order valence-corrected chi connectivity index (χ1v) is 7.20. The number of nitrogens with zero attached hydrogens (tertiary/aromatic N) is 3. The summed E-state index contributed by atoms with van der Waals surface area (Å²) in [5, 5.41) is 3.43. The fourth-order valence-corrected chi connectivity index (χ4v) is 2.69. The van der Waals surface area contributed by atoms with E-state index in [9.17, 15) is 4.79 Å². The fraction of sp³-hybridized carbons (Fsp3) is 0.400. The smallest absolute Gasteiger partial charge is 0.231 e. The molecule has 21 heavy (non-hydrogen) atoms. The first kappa shape index (κ1) is 13.8. The molecule has 6 heteroatoms. The highest BCUT2D eigenvalue weighted by molar-refractivity contribution is 5.76. The van der Waals surface area contributed by atoms with Gasteiger partial charge < -0.3 is 11.1 Å². The van der Waals surface area contributed by atoms with Crippen LogP contribution in [-0.4, -0.2) is 46.5 Å². The van der Waals surface area contributed by atoms with Gasteiger partial charge in [-0.15, -0.1) is 0 Å². The van der Waals surface area contributed by atoms with Crippen LogP contribution in [0.1, 0.15) is 12.8 Å². The molecule has 0 aliphatic carbocycles. The second kappa shape index (κ2) is 6.05. The summed E-state index contributed by atoms with van der Waals surface area (Å²) in [5.41, 5.74) is 7.02. The third-order valence-corrected chi connectivity index (χ3v) is 3.77. The Bertz CT molecular complexity index is 637. The number of benzene rings is 1. The Morgan fingerprint density at radius 2 is 2.00 bits per heavy atom. The predicted molar refractivity (Wildman–Crippen MR) is 81.8 cm³/mol. The lowest BCUT2D eigenvalue weighted by Gasteiger charge is -2.31. The van der Waals surface area contributed by atoms with Gasteiger partial charge in [0.15, 0.2) is 0 Å². The monoisotopic (exact) mass is 285 g/mol. The van der Waals surface area contributed by atoms with E-state index in [1.165, 1.54) is 0 Å². The van der Waals surface area contributed by atoms with Crippen molar-refractivity contribution in [3.05, 3.63) is 30.5 Å². The molecule has 1 aromatic carbocycles. The predicted octanol–water partition coefficient (Wildman–Crippen LogP) is 0.991. The summed E-state index contributed by atoms with van der Waals surface area (Å²) in [6.45, 7) is 2.10. The number of para-hydroxylation sites is 2. The quantitative estimate of drug-likeness (QED) is 0.875. The number of carbonyl (C=O) groups is 1. The molecule has 0 spiro atoms. The first-order valence-electron chi connectivity index (χ1n) is 7.20. The summed E-state index contributed by atoms with van der Waals surface area (Å²) in [7, 11) is 0. The molecule has 110 valence electrons. The molecule has 3 rings (SSSR count). The van der Waals surface area contributed by atoms with Crippen LogP contribution in [0.5, 0.6) is 0 Å². The summed E-state index contributed by atoms with van der Waals surface area (Å²) in [6.07, 6.45) is 3.72. The third-order valence-electron chi connectivity index (χ3n) is 3.77. The minimum absolute atomic E-state index is 0.262. The van der Waals surface area contributed by atoms with E-state index in [2.05, 4.69) is 20.2 Å². The molecule has 1 aliphatic rings. The number of nitrogens with two attached hydrogens (primary N) is 1.